The van der Waals surface area contributed by atoms with Gasteiger partial charge in [0.2, 0.25) is 0 Å². The Labute approximate surface area is 118 Å². The molecule has 14 heavy (non-hydrogen) atoms. The van der Waals surface area contributed by atoms with Crippen LogP contribution in [0.3, 0.4) is 0 Å². The molecule has 78 valence electrons. The number of rotatable bonds is 2. The highest BCUT2D eigenvalue weighted by Crippen LogP contribution is 2.42. The molecule has 0 spiro atoms. The highest BCUT2D eigenvalue weighted by atomic mass is 79.9. The average molecular weight is 450 g/mol. The number of hydrogen-bond donors (Lipinski definition) is 0. The van der Waals surface area contributed by atoms with Crippen molar-refractivity contribution in [2.75, 3.05) is 0 Å². The first-order valence-electron chi connectivity index (χ1n) is 4.38. The summed E-state index contributed by atoms with van der Waals surface area (Å²) in [6.45, 7) is 4.35. The van der Waals surface area contributed by atoms with E-state index in [1.54, 1.807) is 0 Å². The van der Waals surface area contributed by atoms with Gasteiger partial charge in [0, 0.05) is 17.9 Å². The topological polar surface area (TPSA) is 0 Å². The molecule has 0 nitrogen and oxygen atoms in total. The fourth-order valence-electron chi connectivity index (χ4n) is 1.46. The fraction of sp³-hybridized carbons (Fsp3) is 0.400. The van der Waals surface area contributed by atoms with Crippen LogP contribution in [0.15, 0.2) is 17.9 Å². The quantitative estimate of drug-likeness (QED) is 0.392. The predicted octanol–water partition coefficient (Wildman–Crippen LogP) is 5.86. The number of benzene rings is 1. The standard InChI is InChI=1S/C10H10Br4/c1-3-5-6(4-2)8(12)10(14)9(13)7(5)11/h3-4H2,1-2H3. The van der Waals surface area contributed by atoms with E-state index in [4.69, 9.17) is 0 Å². The van der Waals surface area contributed by atoms with Crippen LogP contribution in [0.2, 0.25) is 0 Å². The Hall–Kier alpha value is 1.14. The Morgan fingerprint density at radius 2 is 0.929 bits per heavy atom. The second-order valence-electron chi connectivity index (χ2n) is 2.92. The molecule has 1 rings (SSSR count). The maximum atomic E-state index is 3.62. The molecular weight excluding hydrogens is 440 g/mol. The molecule has 1 aromatic carbocycles. The SMILES string of the molecule is CCc1c(Br)c(Br)c(Br)c(Br)c1CC. The van der Waals surface area contributed by atoms with Crippen LogP contribution in [0.4, 0.5) is 0 Å². The molecule has 0 saturated heterocycles. The van der Waals surface area contributed by atoms with Gasteiger partial charge in [0.1, 0.15) is 0 Å². The maximum absolute atomic E-state index is 3.62. The molecule has 0 unspecified atom stereocenters. The van der Waals surface area contributed by atoms with Crippen LogP contribution in [0.5, 0.6) is 0 Å². The second-order valence-corrected chi connectivity index (χ2v) is 6.09. The summed E-state index contributed by atoms with van der Waals surface area (Å²) in [7, 11) is 0. The summed E-state index contributed by atoms with van der Waals surface area (Å²) in [5.41, 5.74) is 2.74. The van der Waals surface area contributed by atoms with E-state index in [9.17, 15) is 0 Å². The van der Waals surface area contributed by atoms with Crippen LogP contribution in [-0.4, -0.2) is 0 Å². The molecule has 0 radical (unpaired) electrons. The third kappa shape index (κ3) is 2.28. The summed E-state index contributed by atoms with van der Waals surface area (Å²) >= 11 is 14.4. The van der Waals surface area contributed by atoms with Gasteiger partial charge in [-0.3, -0.25) is 0 Å². The van der Waals surface area contributed by atoms with E-state index in [-0.39, 0.29) is 0 Å². The largest absolute Gasteiger partial charge is 0.0612 e. The summed E-state index contributed by atoms with van der Waals surface area (Å²) in [6, 6.07) is 0. The predicted molar refractivity (Wildman–Crippen MR) is 76.0 cm³/mol. The Bertz CT molecular complexity index is 323. The van der Waals surface area contributed by atoms with Crippen molar-refractivity contribution in [1.82, 2.24) is 0 Å². The summed E-state index contributed by atoms with van der Waals surface area (Å²) in [6.07, 6.45) is 2.07. The Kier molecular flexibility index (Phi) is 5.15. The molecule has 0 bridgehead atoms. The summed E-state index contributed by atoms with van der Waals surface area (Å²) in [5, 5.41) is 0. The van der Waals surface area contributed by atoms with E-state index in [1.165, 1.54) is 11.1 Å². The van der Waals surface area contributed by atoms with E-state index >= 15 is 0 Å². The molecule has 0 amide bonds. The fourth-order valence-corrected chi connectivity index (χ4v) is 4.30. The second kappa shape index (κ2) is 5.46. The molecule has 0 heterocycles. The summed E-state index contributed by atoms with van der Waals surface area (Å²) < 4.78 is 4.48. The first-order valence-corrected chi connectivity index (χ1v) is 7.55. The van der Waals surface area contributed by atoms with Crippen LogP contribution in [0, 0.1) is 0 Å². The zero-order valence-corrected chi connectivity index (χ0v) is 14.3. The van der Waals surface area contributed by atoms with E-state index in [2.05, 4.69) is 77.6 Å². The minimum absolute atomic E-state index is 1.04. The van der Waals surface area contributed by atoms with Gasteiger partial charge in [-0.05, 0) is 87.7 Å². The summed E-state index contributed by atoms with van der Waals surface area (Å²) in [5.74, 6) is 0. The first kappa shape index (κ1) is 13.2. The molecule has 0 fully saturated rings. The van der Waals surface area contributed by atoms with Crippen LogP contribution in [0.25, 0.3) is 0 Å². The highest BCUT2D eigenvalue weighted by molar-refractivity contribution is 9.15. The van der Waals surface area contributed by atoms with Crippen molar-refractivity contribution in [2.24, 2.45) is 0 Å². The minimum Gasteiger partial charge on any atom is -0.0612 e. The van der Waals surface area contributed by atoms with Crippen molar-refractivity contribution in [1.29, 1.82) is 0 Å². The van der Waals surface area contributed by atoms with Gasteiger partial charge in [0.15, 0.2) is 0 Å². The molecule has 0 atom stereocenters. The Balaban J connectivity index is 3.57. The van der Waals surface area contributed by atoms with Crippen LogP contribution in [0.1, 0.15) is 25.0 Å². The molecule has 0 aromatic heterocycles. The van der Waals surface area contributed by atoms with Gasteiger partial charge in [0.25, 0.3) is 0 Å². The molecule has 0 aliphatic rings. The van der Waals surface area contributed by atoms with E-state index in [0.29, 0.717) is 0 Å². The maximum Gasteiger partial charge on any atom is 0.0474 e. The zero-order chi connectivity index (χ0) is 10.9. The Morgan fingerprint density at radius 3 is 1.14 bits per heavy atom. The molecule has 4 heteroatoms. The van der Waals surface area contributed by atoms with E-state index < -0.39 is 0 Å². The molecule has 1 aromatic rings. The van der Waals surface area contributed by atoms with Crippen LogP contribution in [-0.2, 0) is 12.8 Å². The Morgan fingerprint density at radius 1 is 0.643 bits per heavy atom. The number of halogens is 4. The van der Waals surface area contributed by atoms with E-state index in [0.717, 1.165) is 30.7 Å². The van der Waals surface area contributed by atoms with Crippen LogP contribution < -0.4 is 0 Å². The lowest BCUT2D eigenvalue weighted by molar-refractivity contribution is 1.01. The lowest BCUT2D eigenvalue weighted by Gasteiger charge is -2.14. The normalized spacial score (nSPS) is 10.7. The van der Waals surface area contributed by atoms with Crippen molar-refractivity contribution in [2.45, 2.75) is 26.7 Å². The highest BCUT2D eigenvalue weighted by Gasteiger charge is 2.16. The van der Waals surface area contributed by atoms with Gasteiger partial charge in [-0.15, -0.1) is 0 Å². The molecule has 0 aliphatic carbocycles. The average Bonchev–Trinajstić information content (AvgIpc) is 2.20. The van der Waals surface area contributed by atoms with Crippen molar-refractivity contribution in [3.8, 4) is 0 Å². The number of hydrogen-bond acceptors (Lipinski definition) is 0. The third-order valence-corrected chi connectivity index (χ3v) is 7.11. The van der Waals surface area contributed by atoms with Crippen molar-refractivity contribution >= 4 is 63.7 Å². The zero-order valence-electron chi connectivity index (χ0n) is 7.93. The van der Waals surface area contributed by atoms with Gasteiger partial charge in [-0.2, -0.15) is 0 Å². The van der Waals surface area contributed by atoms with Gasteiger partial charge >= 0.3 is 0 Å². The monoisotopic (exact) mass is 446 g/mol. The third-order valence-electron chi connectivity index (χ3n) is 2.18. The smallest absolute Gasteiger partial charge is 0.0474 e. The van der Waals surface area contributed by atoms with Gasteiger partial charge in [0.05, 0.1) is 0 Å². The minimum atomic E-state index is 1.04. The lowest BCUT2D eigenvalue weighted by atomic mass is 10.0. The molecular formula is C10H10Br4. The van der Waals surface area contributed by atoms with Crippen molar-refractivity contribution in [3.63, 3.8) is 0 Å². The molecule has 0 saturated carbocycles. The van der Waals surface area contributed by atoms with Crippen LogP contribution >= 0.6 is 63.7 Å². The summed E-state index contributed by atoms with van der Waals surface area (Å²) in [4.78, 5) is 0. The van der Waals surface area contributed by atoms with E-state index in [1.807, 2.05) is 0 Å². The molecule has 0 N–H and O–H groups in total. The van der Waals surface area contributed by atoms with Gasteiger partial charge in [-0.1, -0.05) is 13.8 Å². The lowest BCUT2D eigenvalue weighted by Crippen LogP contribution is -1.96. The first-order chi connectivity index (χ1) is 6.54. The van der Waals surface area contributed by atoms with Crippen molar-refractivity contribution < 1.29 is 0 Å². The van der Waals surface area contributed by atoms with Gasteiger partial charge in [-0.25, -0.2) is 0 Å². The van der Waals surface area contributed by atoms with Crippen molar-refractivity contribution in [3.05, 3.63) is 29.0 Å². The molecule has 0 aliphatic heterocycles. The van der Waals surface area contributed by atoms with Gasteiger partial charge < -0.3 is 0 Å².